The highest BCUT2D eigenvalue weighted by atomic mass is 32.2. The minimum atomic E-state index is -3.72. The number of aromatic amines is 1. The Hall–Kier alpha value is -1.82. The van der Waals surface area contributed by atoms with Gasteiger partial charge in [-0.15, -0.1) is 22.7 Å². The normalized spacial score (nSPS) is 16.2. The summed E-state index contributed by atoms with van der Waals surface area (Å²) in [5.74, 6) is 0. The predicted octanol–water partition coefficient (Wildman–Crippen LogP) is 1.40. The zero-order chi connectivity index (χ0) is 18.7. The highest BCUT2D eigenvalue weighted by Gasteiger charge is 2.41. The van der Waals surface area contributed by atoms with E-state index >= 15 is 0 Å². The molecular formula is C15H16N4O4S3. The number of thiazole rings is 1. The average molecular weight is 413 g/mol. The summed E-state index contributed by atoms with van der Waals surface area (Å²) < 4.78 is 28.8. The molecule has 8 nitrogen and oxygen atoms in total. The topological polar surface area (TPSA) is 114 Å². The molecule has 0 amide bonds. The van der Waals surface area contributed by atoms with Gasteiger partial charge in [-0.25, -0.2) is 22.9 Å². The molecule has 0 aliphatic heterocycles. The van der Waals surface area contributed by atoms with Gasteiger partial charge in [-0.05, 0) is 32.8 Å². The van der Waals surface area contributed by atoms with Crippen LogP contribution in [0, 0.1) is 6.92 Å². The molecule has 2 N–H and O–H groups in total. The number of aryl methyl sites for hydroxylation is 1. The lowest BCUT2D eigenvalue weighted by Crippen LogP contribution is -2.34. The van der Waals surface area contributed by atoms with E-state index in [9.17, 15) is 18.0 Å². The highest BCUT2D eigenvalue weighted by Crippen LogP contribution is 2.37. The molecule has 0 unspecified atom stereocenters. The Morgan fingerprint density at radius 1 is 1.35 bits per heavy atom. The monoisotopic (exact) mass is 412 g/mol. The molecule has 1 fully saturated rings. The lowest BCUT2D eigenvalue weighted by atomic mass is 10.4. The molecule has 1 aliphatic rings. The molecule has 138 valence electrons. The molecular weight excluding hydrogens is 396 g/mol. The maximum atomic E-state index is 12.7. The van der Waals surface area contributed by atoms with Crippen LogP contribution in [-0.2, 0) is 16.6 Å². The van der Waals surface area contributed by atoms with Crippen molar-refractivity contribution in [3.63, 3.8) is 0 Å². The molecule has 0 radical (unpaired) electrons. The van der Waals surface area contributed by atoms with Crippen LogP contribution >= 0.6 is 22.7 Å². The standard InChI is InChI=1S/C15H16N4O4S3/c1-8-16-6-9(24-8)7-19-13(20)10-5-11(25-12(10)17-14(19)21)26(22,23)18-15(2)3-4-15/h5-6,18H,3-4,7H2,1-2H3,(H,17,21). The molecule has 1 saturated carbocycles. The van der Waals surface area contributed by atoms with Gasteiger partial charge < -0.3 is 0 Å². The van der Waals surface area contributed by atoms with E-state index in [0.29, 0.717) is 0 Å². The van der Waals surface area contributed by atoms with Crippen LogP contribution in [-0.4, -0.2) is 28.5 Å². The summed E-state index contributed by atoms with van der Waals surface area (Å²) in [6.07, 6.45) is 3.20. The molecule has 0 saturated heterocycles. The van der Waals surface area contributed by atoms with E-state index in [4.69, 9.17) is 0 Å². The molecule has 4 rings (SSSR count). The first-order chi connectivity index (χ1) is 12.2. The zero-order valence-electron chi connectivity index (χ0n) is 14.0. The Morgan fingerprint density at radius 2 is 2.08 bits per heavy atom. The summed E-state index contributed by atoms with van der Waals surface area (Å²) in [4.78, 5) is 32.8. The molecule has 3 aromatic heterocycles. The van der Waals surface area contributed by atoms with Crippen molar-refractivity contribution in [1.82, 2.24) is 19.3 Å². The second-order valence-electron chi connectivity index (χ2n) is 6.64. The number of thiophene rings is 1. The van der Waals surface area contributed by atoms with E-state index in [2.05, 4.69) is 14.7 Å². The van der Waals surface area contributed by atoms with Crippen LogP contribution < -0.4 is 16.0 Å². The van der Waals surface area contributed by atoms with E-state index in [1.54, 1.807) is 6.20 Å². The van der Waals surface area contributed by atoms with E-state index in [1.807, 2.05) is 13.8 Å². The SMILES string of the molecule is Cc1ncc(Cn2c(=O)[nH]c3sc(S(=O)(=O)NC4(C)CC4)cc3c2=O)s1. The van der Waals surface area contributed by atoms with Gasteiger partial charge >= 0.3 is 5.69 Å². The van der Waals surface area contributed by atoms with Gasteiger partial charge in [-0.2, -0.15) is 0 Å². The van der Waals surface area contributed by atoms with Gasteiger partial charge in [0.1, 0.15) is 9.04 Å². The van der Waals surface area contributed by atoms with Crippen molar-refractivity contribution in [2.24, 2.45) is 0 Å². The van der Waals surface area contributed by atoms with Crippen LogP contribution in [0.25, 0.3) is 10.2 Å². The summed E-state index contributed by atoms with van der Waals surface area (Å²) in [5, 5.41) is 1.03. The fourth-order valence-corrected chi connectivity index (χ4v) is 6.19. The lowest BCUT2D eigenvalue weighted by Gasteiger charge is -2.09. The van der Waals surface area contributed by atoms with Crippen LogP contribution in [0.4, 0.5) is 0 Å². The van der Waals surface area contributed by atoms with Gasteiger partial charge in [-0.3, -0.25) is 14.3 Å². The van der Waals surface area contributed by atoms with E-state index in [0.717, 1.165) is 38.6 Å². The fraction of sp³-hybridized carbons (Fsp3) is 0.400. The van der Waals surface area contributed by atoms with Gasteiger partial charge in [0.2, 0.25) is 0 Å². The van der Waals surface area contributed by atoms with Crippen molar-refractivity contribution in [3.05, 3.63) is 43.0 Å². The molecule has 0 bridgehead atoms. The quantitative estimate of drug-likeness (QED) is 0.657. The third kappa shape index (κ3) is 3.15. The highest BCUT2D eigenvalue weighted by molar-refractivity contribution is 7.91. The third-order valence-corrected chi connectivity index (χ3v) is 8.34. The van der Waals surface area contributed by atoms with Crippen molar-refractivity contribution >= 4 is 42.9 Å². The molecule has 0 atom stereocenters. The van der Waals surface area contributed by atoms with Crippen molar-refractivity contribution in [2.45, 2.75) is 43.0 Å². The second-order valence-corrected chi connectivity index (χ2v) is 10.9. The second kappa shape index (κ2) is 5.84. The molecule has 26 heavy (non-hydrogen) atoms. The first kappa shape index (κ1) is 17.6. The summed E-state index contributed by atoms with van der Waals surface area (Å²) in [6.45, 7) is 3.78. The first-order valence-electron chi connectivity index (χ1n) is 7.89. The Kier molecular flexibility index (Phi) is 3.95. The van der Waals surface area contributed by atoms with Crippen molar-refractivity contribution in [3.8, 4) is 0 Å². The smallest absolute Gasteiger partial charge is 0.298 e. The summed E-state index contributed by atoms with van der Waals surface area (Å²) in [5.41, 5.74) is -1.49. The van der Waals surface area contributed by atoms with Gasteiger partial charge in [0.25, 0.3) is 15.6 Å². The van der Waals surface area contributed by atoms with Crippen molar-refractivity contribution < 1.29 is 8.42 Å². The Bertz CT molecular complexity index is 1230. The zero-order valence-corrected chi connectivity index (χ0v) is 16.5. The van der Waals surface area contributed by atoms with Gasteiger partial charge in [-0.1, -0.05) is 0 Å². The molecule has 1 aliphatic carbocycles. The number of nitrogens with one attached hydrogen (secondary N) is 2. The number of fused-ring (bicyclic) bond motifs is 1. The number of hydrogen-bond acceptors (Lipinski definition) is 7. The number of sulfonamides is 1. The van der Waals surface area contributed by atoms with Gasteiger partial charge in [0, 0.05) is 16.6 Å². The summed E-state index contributed by atoms with van der Waals surface area (Å²) in [6, 6.07) is 1.33. The molecule has 3 aromatic rings. The van der Waals surface area contributed by atoms with Crippen LogP contribution in [0.5, 0.6) is 0 Å². The largest absolute Gasteiger partial charge is 0.329 e. The fourth-order valence-electron chi connectivity index (χ4n) is 2.60. The van der Waals surface area contributed by atoms with Gasteiger partial charge in [0.05, 0.1) is 16.9 Å². The molecule has 3 heterocycles. The number of aromatic nitrogens is 3. The van der Waals surface area contributed by atoms with E-state index < -0.39 is 26.8 Å². The Balaban J connectivity index is 1.78. The average Bonchev–Trinajstić information content (AvgIpc) is 2.96. The Labute approximate surface area is 156 Å². The van der Waals surface area contributed by atoms with E-state index in [-0.39, 0.29) is 21.0 Å². The molecule has 0 aromatic carbocycles. The van der Waals surface area contributed by atoms with Gasteiger partial charge in [0.15, 0.2) is 0 Å². The van der Waals surface area contributed by atoms with Crippen LogP contribution in [0.2, 0.25) is 0 Å². The number of H-pyrrole nitrogens is 1. The molecule has 11 heteroatoms. The molecule has 0 spiro atoms. The van der Waals surface area contributed by atoms with Crippen LogP contribution in [0.15, 0.2) is 26.1 Å². The Morgan fingerprint density at radius 3 is 2.69 bits per heavy atom. The third-order valence-electron chi connectivity index (χ3n) is 4.28. The number of rotatable bonds is 5. The van der Waals surface area contributed by atoms with Crippen molar-refractivity contribution in [1.29, 1.82) is 0 Å². The summed E-state index contributed by atoms with van der Waals surface area (Å²) in [7, 11) is -3.72. The number of hydrogen-bond donors (Lipinski definition) is 2. The van der Waals surface area contributed by atoms with Crippen molar-refractivity contribution in [2.75, 3.05) is 0 Å². The number of nitrogens with zero attached hydrogens (tertiary/aromatic N) is 2. The minimum Gasteiger partial charge on any atom is -0.298 e. The maximum Gasteiger partial charge on any atom is 0.329 e. The maximum absolute atomic E-state index is 12.7. The summed E-state index contributed by atoms with van der Waals surface area (Å²) >= 11 is 2.29. The lowest BCUT2D eigenvalue weighted by molar-refractivity contribution is 0.560. The minimum absolute atomic E-state index is 0.0276. The first-order valence-corrected chi connectivity index (χ1v) is 11.0. The van der Waals surface area contributed by atoms with E-state index in [1.165, 1.54) is 17.4 Å². The van der Waals surface area contributed by atoms with Crippen LogP contribution in [0.1, 0.15) is 29.7 Å². The van der Waals surface area contributed by atoms with Crippen LogP contribution in [0.3, 0.4) is 0 Å². The predicted molar refractivity (Wildman–Crippen MR) is 101 cm³/mol.